The Bertz CT molecular complexity index is 1220. The minimum Gasteiger partial charge on any atom is -0.444 e. The van der Waals surface area contributed by atoms with Gasteiger partial charge in [0.05, 0.1) is 19.3 Å². The average molecular weight is 574 g/mol. The summed E-state index contributed by atoms with van der Waals surface area (Å²) in [5.74, 6) is -0.327. The maximum Gasteiger partial charge on any atom is 0.406 e. The Morgan fingerprint density at radius 1 is 1.08 bits per heavy atom. The number of carbonyl (C=O) groups excluding carboxylic acids is 2. The van der Waals surface area contributed by atoms with Gasteiger partial charge in [-0.25, -0.2) is 14.4 Å². The third-order valence-electron chi connectivity index (χ3n) is 6.33. The second-order valence-corrected chi connectivity index (χ2v) is 12.9. The van der Waals surface area contributed by atoms with Crippen molar-refractivity contribution >= 4 is 34.5 Å². The highest BCUT2D eigenvalue weighted by molar-refractivity contribution is 8.27. The zero-order valence-corrected chi connectivity index (χ0v) is 24.4. The van der Waals surface area contributed by atoms with Crippen LogP contribution in [0.1, 0.15) is 43.9 Å². The number of β-lactam (4-membered cyclic amide) rings is 1. The molecule has 4 rings (SSSR count). The summed E-state index contributed by atoms with van der Waals surface area (Å²) >= 11 is 0. The molecule has 0 bridgehead atoms. The van der Waals surface area contributed by atoms with E-state index in [1.807, 2.05) is 91.9 Å². The van der Waals surface area contributed by atoms with Crippen LogP contribution >= 0.6 is 18.4 Å². The lowest BCUT2D eigenvalue weighted by Crippen LogP contribution is -2.68. The molecule has 39 heavy (non-hydrogen) atoms. The van der Waals surface area contributed by atoms with Gasteiger partial charge < -0.3 is 9.64 Å². The Kier molecular flexibility index (Phi) is 9.80. The monoisotopic (exact) mass is 573 g/mol. The van der Waals surface area contributed by atoms with Crippen LogP contribution in [-0.4, -0.2) is 64.7 Å². The van der Waals surface area contributed by atoms with E-state index in [-0.39, 0.29) is 25.2 Å². The van der Waals surface area contributed by atoms with Crippen molar-refractivity contribution in [1.29, 1.82) is 0 Å². The highest BCUT2D eigenvalue weighted by Crippen LogP contribution is 2.50. The van der Waals surface area contributed by atoms with E-state index >= 15 is 0 Å². The number of nitrogens with zero attached hydrogens (tertiary/aromatic N) is 2. The fourth-order valence-corrected chi connectivity index (χ4v) is 8.23. The Morgan fingerprint density at radius 3 is 2.15 bits per heavy atom. The zero-order valence-electron chi connectivity index (χ0n) is 22.7. The predicted octanol–water partition coefficient (Wildman–Crippen LogP) is 5.49. The van der Waals surface area contributed by atoms with Crippen LogP contribution < -0.4 is 5.09 Å². The molecule has 1 saturated heterocycles. The van der Waals surface area contributed by atoms with Gasteiger partial charge in [-0.3, -0.25) is 18.1 Å². The molecular weight excluding hydrogens is 537 g/mol. The van der Waals surface area contributed by atoms with Gasteiger partial charge in [-0.15, -0.1) is 0 Å². The first-order chi connectivity index (χ1) is 18.8. The van der Waals surface area contributed by atoms with Crippen molar-refractivity contribution in [3.05, 3.63) is 84.1 Å². The predicted molar refractivity (Wildman–Crippen MR) is 154 cm³/mol. The summed E-state index contributed by atoms with van der Waals surface area (Å²) in [6, 6.07) is 18.0. The summed E-state index contributed by atoms with van der Waals surface area (Å²) in [5, 5.41) is 2.35. The highest BCUT2D eigenvalue weighted by atomic mass is 32.2. The largest absolute Gasteiger partial charge is 0.444 e. The lowest BCUT2D eigenvalue weighted by molar-refractivity contribution is -0.141. The Balaban J connectivity index is 1.66. The molecule has 2 heterocycles. The van der Waals surface area contributed by atoms with Crippen molar-refractivity contribution in [3.63, 3.8) is 0 Å². The molecule has 9 nitrogen and oxygen atoms in total. The van der Waals surface area contributed by atoms with Crippen LogP contribution in [0, 0.1) is 0 Å². The molecule has 210 valence electrons. The molecule has 1 N–H and O–H groups in total. The van der Waals surface area contributed by atoms with Crippen LogP contribution in [0.25, 0.3) is 0 Å². The molecule has 2 aromatic carbocycles. The molecule has 0 aromatic heterocycles. The zero-order chi connectivity index (χ0) is 28.0. The molecule has 2 aliphatic heterocycles. The molecule has 1 amide bonds. The number of nitrogens with one attached hydrogen (secondary N) is 1. The van der Waals surface area contributed by atoms with E-state index in [2.05, 4.69) is 5.09 Å². The molecule has 2 aromatic rings. The van der Waals surface area contributed by atoms with Crippen LogP contribution in [0.15, 0.2) is 72.9 Å². The Morgan fingerprint density at radius 2 is 1.64 bits per heavy atom. The van der Waals surface area contributed by atoms with Crippen molar-refractivity contribution in [2.24, 2.45) is 0 Å². The fraction of sp³-hybridized carbons (Fsp3) is 0.393. The van der Waals surface area contributed by atoms with E-state index in [0.717, 1.165) is 16.0 Å². The number of ether oxygens (including phenoxy) is 1. The summed E-state index contributed by atoms with van der Waals surface area (Å²) in [5.41, 5.74) is 1.67. The van der Waals surface area contributed by atoms with Crippen LogP contribution in [0.5, 0.6) is 0 Å². The average Bonchev–Trinajstić information content (AvgIpc) is 2.94. The van der Waals surface area contributed by atoms with Gasteiger partial charge in [0, 0.05) is 29.6 Å². The van der Waals surface area contributed by atoms with Gasteiger partial charge in [0.1, 0.15) is 6.04 Å². The number of hydrogen-bond donors (Lipinski definition) is 1. The Hall–Kier alpha value is -2.75. The van der Waals surface area contributed by atoms with E-state index in [1.54, 1.807) is 18.2 Å². The molecule has 0 radical (unpaired) electrons. The normalized spacial score (nSPS) is 21.2. The summed E-state index contributed by atoms with van der Waals surface area (Å²) < 4.78 is 31.6. The lowest BCUT2D eigenvalue weighted by atomic mass is 9.94. The van der Waals surface area contributed by atoms with Gasteiger partial charge in [-0.2, -0.15) is 0 Å². The SMILES string of the molecule is CCOP(=O)(NC1C(=O)N2C1CCC(C=CN(C)C)=S2C(=O)OC(c1ccccc1)c1ccccc1)OCC. The molecule has 11 heteroatoms. The standard InChI is InChI=1S/C28H36N3O6PS/c1-5-35-38(34,36-6-2)29-25-24-18-17-23(19-20-30(3)4)39(31(24)27(25)32)28(33)37-26(21-13-9-7-10-14-21)22-15-11-8-12-16-22/h7-16,19-20,24-26H,5-6,17-18H2,1-4H3,(H,29,34). The molecule has 0 saturated carbocycles. The van der Waals surface area contributed by atoms with Gasteiger partial charge in [-0.05, 0) is 50.1 Å². The van der Waals surface area contributed by atoms with Crippen molar-refractivity contribution in [2.45, 2.75) is 44.9 Å². The molecule has 3 atom stereocenters. The summed E-state index contributed by atoms with van der Waals surface area (Å²) in [4.78, 5) is 30.1. The van der Waals surface area contributed by atoms with E-state index in [4.69, 9.17) is 13.8 Å². The van der Waals surface area contributed by atoms with Gasteiger partial charge in [0.2, 0.25) is 0 Å². The van der Waals surface area contributed by atoms with Gasteiger partial charge in [0.25, 0.3) is 5.91 Å². The molecule has 0 aliphatic carbocycles. The lowest BCUT2D eigenvalue weighted by Gasteiger charge is -2.50. The van der Waals surface area contributed by atoms with E-state index in [0.29, 0.717) is 12.8 Å². The van der Waals surface area contributed by atoms with Crippen LogP contribution in [0.4, 0.5) is 4.79 Å². The topological polar surface area (TPSA) is 97.4 Å². The van der Waals surface area contributed by atoms with E-state index in [1.165, 1.54) is 0 Å². The van der Waals surface area contributed by atoms with Gasteiger partial charge in [-0.1, -0.05) is 60.7 Å². The summed E-state index contributed by atoms with van der Waals surface area (Å²) in [6.45, 7) is 3.77. The van der Waals surface area contributed by atoms with Gasteiger partial charge in [0.15, 0.2) is 6.10 Å². The van der Waals surface area contributed by atoms with Crippen LogP contribution in [0.3, 0.4) is 0 Å². The molecule has 3 unspecified atom stereocenters. The highest BCUT2D eigenvalue weighted by Gasteiger charge is 2.55. The first kappa shape index (κ1) is 29.2. The number of carbonyl (C=O) groups is 2. The molecule has 0 spiro atoms. The minimum absolute atomic E-state index is 0.171. The van der Waals surface area contributed by atoms with Crippen molar-refractivity contribution in [1.82, 2.24) is 14.3 Å². The van der Waals surface area contributed by atoms with Crippen LogP contribution in [-0.2, 0) is 23.1 Å². The third-order valence-corrected chi connectivity index (χ3v) is 10.2. The number of fused-ring (bicyclic) bond motifs is 1. The van der Waals surface area contributed by atoms with E-state index < -0.39 is 35.9 Å². The quantitative estimate of drug-likeness (QED) is 0.124. The third kappa shape index (κ3) is 6.70. The molecular formula is C28H36N3O6PS. The number of rotatable bonds is 11. The number of benzene rings is 2. The van der Waals surface area contributed by atoms with Crippen molar-refractivity contribution in [3.8, 4) is 0 Å². The Labute approximate surface area is 232 Å². The number of hydrogen-bond acceptors (Lipinski definition) is 7. The minimum atomic E-state index is -3.67. The maximum absolute atomic E-state index is 13.9. The van der Waals surface area contributed by atoms with Crippen LogP contribution in [0.2, 0.25) is 0 Å². The van der Waals surface area contributed by atoms with Crippen molar-refractivity contribution in [2.75, 3.05) is 27.3 Å². The maximum atomic E-state index is 13.9. The smallest absolute Gasteiger partial charge is 0.406 e. The summed E-state index contributed by atoms with van der Waals surface area (Å²) in [7, 11) is -1.15. The fourth-order valence-electron chi connectivity index (χ4n) is 4.60. The van der Waals surface area contributed by atoms with E-state index in [9.17, 15) is 14.2 Å². The molecule has 1 fully saturated rings. The number of amides is 1. The summed E-state index contributed by atoms with van der Waals surface area (Å²) in [6.07, 6.45) is 4.32. The second kappa shape index (κ2) is 13.1. The van der Waals surface area contributed by atoms with Crippen molar-refractivity contribution < 1.29 is 27.9 Å². The first-order valence-electron chi connectivity index (χ1n) is 13.0. The number of allylic oxidation sites excluding steroid dienone is 1. The second-order valence-electron chi connectivity index (χ2n) is 9.31. The first-order valence-corrected chi connectivity index (χ1v) is 15.8. The van der Waals surface area contributed by atoms with Gasteiger partial charge >= 0.3 is 13.0 Å². The molecule has 2 aliphatic rings.